The predicted octanol–water partition coefficient (Wildman–Crippen LogP) is 2.34. The summed E-state index contributed by atoms with van der Waals surface area (Å²) in [4.78, 5) is -0.557. The fraction of sp³-hybridized carbons (Fsp3) is 0.400. The van der Waals surface area contributed by atoms with Crippen LogP contribution in [0, 0.1) is 11.6 Å². The number of hydrogen-bond donors (Lipinski definition) is 0. The number of nitrogens with zero attached hydrogens (tertiary/aromatic N) is 1. The highest BCUT2D eigenvalue weighted by Crippen LogP contribution is 2.24. The molecule has 0 aromatic heterocycles. The molecule has 0 aliphatic carbocycles. The largest absolute Gasteiger partial charge is 0.245 e. The van der Waals surface area contributed by atoms with Gasteiger partial charge in [-0.3, -0.25) is 0 Å². The Morgan fingerprint density at radius 2 is 1.94 bits per heavy atom. The van der Waals surface area contributed by atoms with E-state index in [4.69, 9.17) is 11.6 Å². The minimum atomic E-state index is -3.94. The minimum absolute atomic E-state index is 0.190. The predicted molar refractivity (Wildman–Crippen MR) is 61.4 cm³/mol. The van der Waals surface area contributed by atoms with Gasteiger partial charge in [0.2, 0.25) is 10.0 Å². The summed E-state index contributed by atoms with van der Waals surface area (Å²) < 4.78 is 51.7. The van der Waals surface area contributed by atoms with E-state index in [-0.39, 0.29) is 6.54 Å². The monoisotopic (exact) mass is 283 g/mol. The molecule has 7 heteroatoms. The van der Waals surface area contributed by atoms with Crippen LogP contribution in [0.5, 0.6) is 0 Å². The van der Waals surface area contributed by atoms with E-state index in [1.807, 2.05) is 0 Å². The van der Waals surface area contributed by atoms with E-state index in [2.05, 4.69) is 0 Å². The van der Waals surface area contributed by atoms with Crippen molar-refractivity contribution in [2.24, 2.45) is 0 Å². The van der Waals surface area contributed by atoms with Crippen molar-refractivity contribution >= 4 is 21.6 Å². The summed E-state index contributed by atoms with van der Waals surface area (Å²) in [6.07, 6.45) is 0. The Morgan fingerprint density at radius 1 is 1.35 bits per heavy atom. The molecule has 0 unspecified atom stereocenters. The molecule has 17 heavy (non-hydrogen) atoms. The zero-order chi connectivity index (χ0) is 13.2. The third kappa shape index (κ3) is 2.59. The zero-order valence-corrected chi connectivity index (χ0v) is 10.9. The summed E-state index contributed by atoms with van der Waals surface area (Å²) in [7, 11) is -2.62. The van der Waals surface area contributed by atoms with Crippen molar-refractivity contribution in [1.29, 1.82) is 0 Å². The van der Waals surface area contributed by atoms with Crippen LogP contribution in [0.4, 0.5) is 8.78 Å². The number of halogens is 3. The van der Waals surface area contributed by atoms with Gasteiger partial charge in [0, 0.05) is 19.2 Å². The summed E-state index contributed by atoms with van der Waals surface area (Å²) in [5, 5.41) is 0. The maximum Gasteiger partial charge on any atom is 0.245 e. The summed E-state index contributed by atoms with van der Waals surface area (Å²) in [5.74, 6) is -2.40. The van der Waals surface area contributed by atoms with E-state index >= 15 is 0 Å². The first-order valence-electron chi connectivity index (χ1n) is 4.85. The molecule has 0 N–H and O–H groups in total. The number of hydrogen-bond acceptors (Lipinski definition) is 2. The number of benzene rings is 1. The molecule has 96 valence electrons. The molecule has 0 heterocycles. The van der Waals surface area contributed by atoms with Gasteiger partial charge in [0.05, 0.1) is 5.88 Å². The van der Waals surface area contributed by atoms with Crippen LogP contribution in [-0.4, -0.2) is 26.3 Å². The minimum Gasteiger partial charge on any atom is -0.207 e. The van der Waals surface area contributed by atoms with Gasteiger partial charge in [-0.2, -0.15) is 0 Å². The van der Waals surface area contributed by atoms with Crippen molar-refractivity contribution in [1.82, 2.24) is 4.31 Å². The average Bonchev–Trinajstić information content (AvgIpc) is 2.28. The van der Waals surface area contributed by atoms with E-state index in [1.54, 1.807) is 6.92 Å². The quantitative estimate of drug-likeness (QED) is 0.796. The number of alkyl halides is 1. The molecule has 0 atom stereocenters. The molecule has 0 amide bonds. The molecule has 1 aromatic rings. The highest BCUT2D eigenvalue weighted by molar-refractivity contribution is 7.89. The van der Waals surface area contributed by atoms with E-state index in [1.165, 1.54) is 7.05 Å². The van der Waals surface area contributed by atoms with Crippen LogP contribution < -0.4 is 0 Å². The van der Waals surface area contributed by atoms with Gasteiger partial charge in [-0.25, -0.2) is 21.5 Å². The summed E-state index contributed by atoms with van der Waals surface area (Å²) in [6, 6.07) is 1.80. The Kier molecular flexibility index (Phi) is 4.46. The van der Waals surface area contributed by atoms with Gasteiger partial charge >= 0.3 is 0 Å². The second-order valence-electron chi connectivity index (χ2n) is 3.39. The van der Waals surface area contributed by atoms with Crippen LogP contribution in [0.1, 0.15) is 12.5 Å². The molecule has 1 aromatic carbocycles. The Hall–Kier alpha value is -0.720. The number of sulfonamides is 1. The van der Waals surface area contributed by atoms with Gasteiger partial charge < -0.3 is 0 Å². The third-order valence-corrected chi connectivity index (χ3v) is 4.63. The summed E-state index contributed by atoms with van der Waals surface area (Å²) in [5.41, 5.74) is -0.433. The molecule has 0 bridgehead atoms. The fourth-order valence-corrected chi connectivity index (χ4v) is 2.75. The van der Waals surface area contributed by atoms with Gasteiger partial charge in [0.1, 0.15) is 10.7 Å². The van der Waals surface area contributed by atoms with Crippen LogP contribution in [0.2, 0.25) is 0 Å². The molecule has 0 saturated carbocycles. The van der Waals surface area contributed by atoms with Crippen LogP contribution in [-0.2, 0) is 15.9 Å². The van der Waals surface area contributed by atoms with Crippen LogP contribution in [0.3, 0.4) is 0 Å². The van der Waals surface area contributed by atoms with Crippen LogP contribution in [0.15, 0.2) is 17.0 Å². The van der Waals surface area contributed by atoms with Gasteiger partial charge in [-0.05, 0) is 12.1 Å². The Balaban J connectivity index is 3.44. The van der Waals surface area contributed by atoms with Crippen LogP contribution in [0.25, 0.3) is 0 Å². The summed E-state index contributed by atoms with van der Waals surface area (Å²) >= 11 is 5.38. The normalized spacial score (nSPS) is 12.1. The van der Waals surface area contributed by atoms with E-state index in [0.29, 0.717) is 0 Å². The second-order valence-corrected chi connectivity index (χ2v) is 5.67. The molecule has 0 aliphatic rings. The number of rotatable bonds is 4. The van der Waals surface area contributed by atoms with Crippen molar-refractivity contribution in [2.75, 3.05) is 13.6 Å². The molecule has 0 radical (unpaired) electrons. The molecule has 0 fully saturated rings. The first-order chi connectivity index (χ1) is 7.86. The first-order valence-corrected chi connectivity index (χ1v) is 6.82. The van der Waals surface area contributed by atoms with Crippen molar-refractivity contribution < 1.29 is 17.2 Å². The lowest BCUT2D eigenvalue weighted by Gasteiger charge is -2.16. The van der Waals surface area contributed by atoms with Crippen molar-refractivity contribution in [3.05, 3.63) is 29.3 Å². The Labute approximate surface area is 104 Å². The standard InChI is InChI=1S/C10H12ClF2NO2S/c1-3-14(2)17(15,16)9-5-4-8(12)7(6-11)10(9)13/h4-5H,3,6H2,1-2H3. The second kappa shape index (κ2) is 5.29. The molecule has 0 spiro atoms. The first kappa shape index (κ1) is 14.3. The lowest BCUT2D eigenvalue weighted by Crippen LogP contribution is -2.27. The molecule has 0 aliphatic heterocycles. The Morgan fingerprint density at radius 3 is 2.41 bits per heavy atom. The van der Waals surface area contributed by atoms with E-state index < -0.39 is 38.0 Å². The van der Waals surface area contributed by atoms with Crippen LogP contribution >= 0.6 is 11.6 Å². The van der Waals surface area contributed by atoms with Crippen molar-refractivity contribution in [3.8, 4) is 0 Å². The topological polar surface area (TPSA) is 37.4 Å². The van der Waals surface area contributed by atoms with Crippen molar-refractivity contribution in [2.45, 2.75) is 17.7 Å². The lowest BCUT2D eigenvalue weighted by atomic mass is 10.2. The fourth-order valence-electron chi connectivity index (χ4n) is 1.24. The molecule has 0 saturated heterocycles. The third-order valence-electron chi connectivity index (χ3n) is 2.42. The van der Waals surface area contributed by atoms with Crippen molar-refractivity contribution in [3.63, 3.8) is 0 Å². The van der Waals surface area contributed by atoms with Gasteiger partial charge in [-0.1, -0.05) is 6.92 Å². The summed E-state index contributed by atoms with van der Waals surface area (Å²) in [6.45, 7) is 1.80. The van der Waals surface area contributed by atoms with Gasteiger partial charge in [-0.15, -0.1) is 11.6 Å². The highest BCUT2D eigenvalue weighted by atomic mass is 35.5. The Bertz CT molecular complexity index is 519. The lowest BCUT2D eigenvalue weighted by molar-refractivity contribution is 0.474. The molecular formula is C10H12ClF2NO2S. The zero-order valence-electron chi connectivity index (χ0n) is 9.37. The molecular weight excluding hydrogens is 272 g/mol. The maximum absolute atomic E-state index is 13.8. The smallest absolute Gasteiger partial charge is 0.207 e. The van der Waals surface area contributed by atoms with Gasteiger partial charge in [0.15, 0.2) is 5.82 Å². The maximum atomic E-state index is 13.8. The van der Waals surface area contributed by atoms with E-state index in [9.17, 15) is 17.2 Å². The molecule has 3 nitrogen and oxygen atoms in total. The van der Waals surface area contributed by atoms with Gasteiger partial charge in [0.25, 0.3) is 0 Å². The highest BCUT2D eigenvalue weighted by Gasteiger charge is 2.26. The van der Waals surface area contributed by atoms with E-state index in [0.717, 1.165) is 16.4 Å². The molecule has 1 rings (SSSR count). The average molecular weight is 284 g/mol. The SMILES string of the molecule is CCN(C)S(=O)(=O)c1ccc(F)c(CCl)c1F.